The van der Waals surface area contributed by atoms with Gasteiger partial charge in [-0.25, -0.2) is 0 Å². The normalized spacial score (nSPS) is 18.6. The average Bonchev–Trinajstić information content (AvgIpc) is 2.76. The molecule has 0 radical (unpaired) electrons. The van der Waals surface area contributed by atoms with Crippen LogP contribution in [0.3, 0.4) is 0 Å². The topological polar surface area (TPSA) is 29.1 Å². The zero-order valence-electron chi connectivity index (χ0n) is 11.8. The van der Waals surface area contributed by atoms with Crippen LogP contribution in [-0.4, -0.2) is 11.9 Å². The molecule has 0 aromatic heterocycles. The van der Waals surface area contributed by atoms with Crippen LogP contribution in [0.1, 0.15) is 72.1 Å². The van der Waals surface area contributed by atoms with Gasteiger partial charge in [-0.1, -0.05) is 39.5 Å². The molecule has 0 spiro atoms. The second kappa shape index (κ2) is 7.73. The molecular weight excluding hydrogens is 210 g/mol. The van der Waals surface area contributed by atoms with Crippen LogP contribution in [0.2, 0.25) is 0 Å². The molecule has 1 fully saturated rings. The molecule has 0 saturated heterocycles. The van der Waals surface area contributed by atoms with Gasteiger partial charge in [-0.05, 0) is 38.0 Å². The summed E-state index contributed by atoms with van der Waals surface area (Å²) in [4.78, 5) is 11.7. The van der Waals surface area contributed by atoms with Gasteiger partial charge in [-0.2, -0.15) is 0 Å². The van der Waals surface area contributed by atoms with E-state index < -0.39 is 0 Å². The number of hydrogen-bond donors (Lipinski definition) is 1. The molecule has 2 nitrogen and oxygen atoms in total. The Morgan fingerprint density at radius 1 is 1.18 bits per heavy atom. The maximum atomic E-state index is 11.7. The molecule has 1 N–H and O–H groups in total. The lowest BCUT2D eigenvalue weighted by Gasteiger charge is -2.16. The Kier molecular flexibility index (Phi) is 6.61. The second-order valence-corrected chi connectivity index (χ2v) is 6.13. The molecule has 0 aromatic rings. The fourth-order valence-corrected chi connectivity index (χ4v) is 2.64. The van der Waals surface area contributed by atoms with E-state index in [0.717, 1.165) is 31.1 Å². The molecule has 0 heterocycles. The van der Waals surface area contributed by atoms with Crippen molar-refractivity contribution in [3.05, 3.63) is 0 Å². The van der Waals surface area contributed by atoms with Gasteiger partial charge in [0.1, 0.15) is 0 Å². The van der Waals surface area contributed by atoms with E-state index in [9.17, 15) is 4.79 Å². The number of hydrogen-bond acceptors (Lipinski definition) is 1. The minimum atomic E-state index is 0.258. The van der Waals surface area contributed by atoms with Gasteiger partial charge < -0.3 is 5.32 Å². The highest BCUT2D eigenvalue weighted by atomic mass is 16.1. The maximum absolute atomic E-state index is 11.7. The monoisotopic (exact) mass is 239 g/mol. The van der Waals surface area contributed by atoms with E-state index in [0.29, 0.717) is 6.04 Å². The summed E-state index contributed by atoms with van der Waals surface area (Å²) >= 11 is 0. The van der Waals surface area contributed by atoms with Crippen LogP contribution in [0.25, 0.3) is 0 Å². The molecule has 0 bridgehead atoms. The van der Waals surface area contributed by atoms with Crippen molar-refractivity contribution < 1.29 is 4.79 Å². The van der Waals surface area contributed by atoms with Gasteiger partial charge >= 0.3 is 0 Å². The molecule has 1 aliphatic carbocycles. The van der Waals surface area contributed by atoms with Gasteiger partial charge in [0, 0.05) is 12.5 Å². The van der Waals surface area contributed by atoms with Crippen molar-refractivity contribution >= 4 is 5.91 Å². The lowest BCUT2D eigenvalue weighted by molar-refractivity contribution is -0.122. The lowest BCUT2D eigenvalue weighted by Crippen LogP contribution is -2.32. The lowest BCUT2D eigenvalue weighted by atomic mass is 10.0. The fraction of sp³-hybridized carbons (Fsp3) is 0.933. The molecule has 1 saturated carbocycles. The van der Waals surface area contributed by atoms with Gasteiger partial charge in [-0.15, -0.1) is 0 Å². The molecule has 1 unspecified atom stereocenters. The summed E-state index contributed by atoms with van der Waals surface area (Å²) in [5, 5.41) is 3.12. The molecule has 17 heavy (non-hydrogen) atoms. The Morgan fingerprint density at radius 3 is 2.41 bits per heavy atom. The van der Waals surface area contributed by atoms with E-state index in [4.69, 9.17) is 0 Å². The Labute approximate surface area is 107 Å². The Morgan fingerprint density at radius 2 is 1.82 bits per heavy atom. The fourth-order valence-electron chi connectivity index (χ4n) is 2.64. The second-order valence-electron chi connectivity index (χ2n) is 6.13. The van der Waals surface area contributed by atoms with Crippen LogP contribution in [-0.2, 0) is 4.79 Å². The number of rotatable bonds is 7. The predicted molar refractivity (Wildman–Crippen MR) is 72.9 cm³/mol. The van der Waals surface area contributed by atoms with Crippen molar-refractivity contribution in [1.29, 1.82) is 0 Å². The summed E-state index contributed by atoms with van der Waals surface area (Å²) in [5.41, 5.74) is 0. The Bertz CT molecular complexity index is 219. The standard InChI is InChI=1S/C15H29NO/c1-12(2)8-9-13(3)16-15(17)11-10-14-6-4-5-7-14/h12-14H,4-11H2,1-3H3,(H,16,17). The van der Waals surface area contributed by atoms with Gasteiger partial charge in [0.25, 0.3) is 0 Å². The molecule has 0 aromatic carbocycles. The molecule has 0 aliphatic heterocycles. The Balaban J connectivity index is 2.06. The van der Waals surface area contributed by atoms with E-state index in [1.165, 1.54) is 32.1 Å². The number of amides is 1. The summed E-state index contributed by atoms with van der Waals surface area (Å²) in [6.45, 7) is 6.58. The predicted octanol–water partition coefficient (Wildman–Crippen LogP) is 3.90. The van der Waals surface area contributed by atoms with Crippen LogP contribution in [0, 0.1) is 11.8 Å². The third-order valence-corrected chi connectivity index (χ3v) is 3.84. The molecule has 100 valence electrons. The SMILES string of the molecule is CC(C)CCC(C)NC(=O)CCC1CCCC1. The Hall–Kier alpha value is -0.530. The minimum Gasteiger partial charge on any atom is -0.354 e. The van der Waals surface area contributed by atoms with Crippen LogP contribution in [0.4, 0.5) is 0 Å². The quantitative estimate of drug-likeness (QED) is 0.717. The largest absolute Gasteiger partial charge is 0.354 e. The van der Waals surface area contributed by atoms with Gasteiger partial charge in [0.2, 0.25) is 5.91 Å². The van der Waals surface area contributed by atoms with Crippen LogP contribution in [0.15, 0.2) is 0 Å². The first-order chi connectivity index (χ1) is 8.08. The summed E-state index contributed by atoms with van der Waals surface area (Å²) in [6.07, 6.45) is 9.57. The summed E-state index contributed by atoms with van der Waals surface area (Å²) in [6, 6.07) is 0.341. The van der Waals surface area contributed by atoms with Gasteiger partial charge in [0.05, 0.1) is 0 Å². The van der Waals surface area contributed by atoms with Gasteiger partial charge in [-0.3, -0.25) is 4.79 Å². The first-order valence-electron chi connectivity index (χ1n) is 7.37. The number of carbonyl (C=O) groups is 1. The highest BCUT2D eigenvalue weighted by molar-refractivity contribution is 5.76. The van der Waals surface area contributed by atoms with Crippen molar-refractivity contribution in [2.45, 2.75) is 78.2 Å². The molecule has 1 aliphatic rings. The van der Waals surface area contributed by atoms with Crippen molar-refractivity contribution in [1.82, 2.24) is 5.32 Å². The van der Waals surface area contributed by atoms with Gasteiger partial charge in [0.15, 0.2) is 0 Å². The average molecular weight is 239 g/mol. The highest BCUT2D eigenvalue weighted by Gasteiger charge is 2.16. The molecule has 1 atom stereocenters. The smallest absolute Gasteiger partial charge is 0.220 e. The van der Waals surface area contributed by atoms with Crippen LogP contribution < -0.4 is 5.32 Å². The highest BCUT2D eigenvalue weighted by Crippen LogP contribution is 2.28. The summed E-state index contributed by atoms with van der Waals surface area (Å²) < 4.78 is 0. The van der Waals surface area contributed by atoms with E-state index >= 15 is 0 Å². The summed E-state index contributed by atoms with van der Waals surface area (Å²) in [7, 11) is 0. The zero-order valence-corrected chi connectivity index (χ0v) is 11.8. The van der Waals surface area contributed by atoms with E-state index in [-0.39, 0.29) is 5.91 Å². The van der Waals surface area contributed by atoms with Crippen LogP contribution in [0.5, 0.6) is 0 Å². The summed E-state index contributed by atoms with van der Waals surface area (Å²) in [5.74, 6) is 1.81. The third-order valence-electron chi connectivity index (χ3n) is 3.84. The number of nitrogens with one attached hydrogen (secondary N) is 1. The third kappa shape index (κ3) is 6.70. The first kappa shape index (κ1) is 14.5. The minimum absolute atomic E-state index is 0.258. The van der Waals surface area contributed by atoms with Crippen molar-refractivity contribution in [2.24, 2.45) is 11.8 Å². The van der Waals surface area contributed by atoms with Crippen LogP contribution >= 0.6 is 0 Å². The number of carbonyl (C=O) groups excluding carboxylic acids is 1. The maximum Gasteiger partial charge on any atom is 0.220 e. The molecule has 2 heteroatoms. The molecular formula is C15H29NO. The van der Waals surface area contributed by atoms with Crippen molar-refractivity contribution in [2.75, 3.05) is 0 Å². The first-order valence-corrected chi connectivity index (χ1v) is 7.37. The van der Waals surface area contributed by atoms with E-state index in [2.05, 4.69) is 26.1 Å². The van der Waals surface area contributed by atoms with Crippen molar-refractivity contribution in [3.63, 3.8) is 0 Å². The zero-order chi connectivity index (χ0) is 12.7. The van der Waals surface area contributed by atoms with E-state index in [1.807, 2.05) is 0 Å². The van der Waals surface area contributed by atoms with Crippen molar-refractivity contribution in [3.8, 4) is 0 Å². The molecule has 1 amide bonds. The molecule has 1 rings (SSSR count). The van der Waals surface area contributed by atoms with E-state index in [1.54, 1.807) is 0 Å².